The van der Waals surface area contributed by atoms with Crippen LogP contribution in [0.4, 0.5) is 0 Å². The van der Waals surface area contributed by atoms with Crippen LogP contribution < -0.4 is 4.72 Å². The van der Waals surface area contributed by atoms with E-state index in [2.05, 4.69) is 4.72 Å². The Morgan fingerprint density at radius 3 is 2.29 bits per heavy atom. The van der Waals surface area contributed by atoms with E-state index in [-0.39, 0.29) is 11.9 Å². The highest BCUT2D eigenvalue weighted by atomic mass is 32.2. The maximum atomic E-state index is 12.4. The number of carbonyl (C=O) groups excluding carboxylic acids is 1. The van der Waals surface area contributed by atoms with Crippen LogP contribution >= 0.6 is 0 Å². The standard InChI is InChI=1S/C18H26N2O3S/c21-18(20-13-3-4-14-20)12-9-15-7-10-17(11-8-15)24(22,23)19-16-5-1-2-6-16/h7-8,10-11,16,19H,1-6,9,12-14H2. The van der Waals surface area contributed by atoms with Crippen LogP contribution in [0.25, 0.3) is 0 Å². The fraction of sp³-hybridized carbons (Fsp3) is 0.611. The molecule has 0 aromatic heterocycles. The molecule has 0 unspecified atom stereocenters. The SMILES string of the molecule is O=C(CCc1ccc(S(=O)(=O)NC2CCCC2)cc1)N1CCCC1. The zero-order valence-corrected chi connectivity index (χ0v) is 14.9. The normalized spacial score (nSPS) is 19.1. The van der Waals surface area contributed by atoms with Gasteiger partial charge < -0.3 is 4.90 Å². The maximum absolute atomic E-state index is 12.4. The second-order valence-corrected chi connectivity index (χ2v) is 8.55. The molecule has 1 aliphatic carbocycles. The van der Waals surface area contributed by atoms with Gasteiger partial charge in [0.25, 0.3) is 0 Å². The van der Waals surface area contributed by atoms with Gasteiger partial charge in [-0.25, -0.2) is 13.1 Å². The van der Waals surface area contributed by atoms with Crippen molar-refractivity contribution < 1.29 is 13.2 Å². The average molecular weight is 350 g/mol. The highest BCUT2D eigenvalue weighted by Crippen LogP contribution is 2.21. The largest absolute Gasteiger partial charge is 0.343 e. The summed E-state index contributed by atoms with van der Waals surface area (Å²) in [6.07, 6.45) is 7.40. The van der Waals surface area contributed by atoms with Crippen LogP contribution in [0.3, 0.4) is 0 Å². The second kappa shape index (κ2) is 7.66. The molecule has 0 radical (unpaired) electrons. The topological polar surface area (TPSA) is 66.5 Å². The van der Waals surface area contributed by atoms with Crippen molar-refractivity contribution in [3.63, 3.8) is 0 Å². The third-order valence-electron chi connectivity index (χ3n) is 5.00. The van der Waals surface area contributed by atoms with E-state index in [9.17, 15) is 13.2 Å². The molecule has 2 fully saturated rings. The van der Waals surface area contributed by atoms with Gasteiger partial charge in [-0.3, -0.25) is 4.79 Å². The van der Waals surface area contributed by atoms with Gasteiger partial charge in [-0.05, 0) is 49.8 Å². The van der Waals surface area contributed by atoms with E-state index in [0.717, 1.165) is 57.2 Å². The highest BCUT2D eigenvalue weighted by molar-refractivity contribution is 7.89. The first-order valence-corrected chi connectivity index (χ1v) is 10.4. The molecule has 5 nitrogen and oxygen atoms in total. The van der Waals surface area contributed by atoms with Crippen LogP contribution in [0.1, 0.15) is 50.5 Å². The minimum atomic E-state index is -3.43. The Morgan fingerprint density at radius 1 is 1.04 bits per heavy atom. The van der Waals surface area contributed by atoms with E-state index >= 15 is 0 Å². The van der Waals surface area contributed by atoms with Crippen molar-refractivity contribution in [3.05, 3.63) is 29.8 Å². The van der Waals surface area contributed by atoms with Crippen LogP contribution in [0.15, 0.2) is 29.2 Å². The summed E-state index contributed by atoms with van der Waals surface area (Å²) >= 11 is 0. The molecule has 1 N–H and O–H groups in total. The molecular weight excluding hydrogens is 324 g/mol. The first-order valence-electron chi connectivity index (χ1n) is 8.94. The third-order valence-corrected chi connectivity index (χ3v) is 6.53. The van der Waals surface area contributed by atoms with E-state index in [4.69, 9.17) is 0 Å². The maximum Gasteiger partial charge on any atom is 0.240 e. The number of carbonyl (C=O) groups is 1. The van der Waals surface area contributed by atoms with Gasteiger partial charge >= 0.3 is 0 Å². The minimum absolute atomic E-state index is 0.0766. The summed E-state index contributed by atoms with van der Waals surface area (Å²) in [6.45, 7) is 1.76. The Morgan fingerprint density at radius 2 is 1.67 bits per heavy atom. The van der Waals surface area contributed by atoms with E-state index < -0.39 is 10.0 Å². The van der Waals surface area contributed by atoms with Gasteiger partial charge in [0, 0.05) is 25.6 Å². The van der Waals surface area contributed by atoms with Gasteiger partial charge in [-0.2, -0.15) is 0 Å². The molecule has 1 amide bonds. The number of benzene rings is 1. The molecule has 0 atom stereocenters. The van der Waals surface area contributed by atoms with E-state index in [1.54, 1.807) is 12.1 Å². The summed E-state index contributed by atoms with van der Waals surface area (Å²) in [6, 6.07) is 7.01. The predicted molar refractivity (Wildman–Crippen MR) is 93.2 cm³/mol. The first-order chi connectivity index (χ1) is 11.5. The molecule has 1 aromatic rings. The van der Waals surface area contributed by atoms with Crippen LogP contribution in [-0.2, 0) is 21.2 Å². The molecule has 1 saturated heterocycles. The van der Waals surface area contributed by atoms with Gasteiger partial charge in [0.1, 0.15) is 0 Å². The first kappa shape index (κ1) is 17.4. The molecule has 2 aliphatic rings. The summed E-state index contributed by atoms with van der Waals surface area (Å²) in [5.41, 5.74) is 1.00. The van der Waals surface area contributed by atoms with Gasteiger partial charge in [0.2, 0.25) is 15.9 Å². The monoisotopic (exact) mass is 350 g/mol. The van der Waals surface area contributed by atoms with E-state index in [1.165, 1.54) is 0 Å². The van der Waals surface area contributed by atoms with Crippen molar-refractivity contribution >= 4 is 15.9 Å². The number of nitrogens with one attached hydrogen (secondary N) is 1. The third kappa shape index (κ3) is 4.36. The Labute approximate surface area is 144 Å². The lowest BCUT2D eigenvalue weighted by atomic mass is 10.1. The molecule has 1 saturated carbocycles. The summed E-state index contributed by atoms with van der Waals surface area (Å²) in [5.74, 6) is 0.201. The summed E-state index contributed by atoms with van der Waals surface area (Å²) in [7, 11) is -3.43. The minimum Gasteiger partial charge on any atom is -0.343 e. The van der Waals surface area contributed by atoms with Crippen LogP contribution in [0.5, 0.6) is 0 Å². The highest BCUT2D eigenvalue weighted by Gasteiger charge is 2.23. The molecule has 3 rings (SSSR count). The van der Waals surface area contributed by atoms with Crippen molar-refractivity contribution in [1.82, 2.24) is 9.62 Å². The Balaban J connectivity index is 1.55. The van der Waals surface area contributed by atoms with Gasteiger partial charge in [0.05, 0.1) is 4.90 Å². The number of aryl methyl sites for hydroxylation is 1. The summed E-state index contributed by atoms with van der Waals surface area (Å²) < 4.78 is 27.5. The Kier molecular flexibility index (Phi) is 5.56. The van der Waals surface area contributed by atoms with Crippen molar-refractivity contribution in [1.29, 1.82) is 0 Å². The number of likely N-dealkylation sites (tertiary alicyclic amines) is 1. The summed E-state index contributed by atoms with van der Waals surface area (Å²) in [5, 5.41) is 0. The second-order valence-electron chi connectivity index (χ2n) is 6.83. The molecule has 1 aliphatic heterocycles. The number of sulfonamides is 1. The Hall–Kier alpha value is -1.40. The van der Waals surface area contributed by atoms with Gasteiger partial charge in [-0.1, -0.05) is 25.0 Å². The van der Waals surface area contributed by atoms with Crippen LogP contribution in [0.2, 0.25) is 0 Å². The summed E-state index contributed by atoms with van der Waals surface area (Å²) in [4.78, 5) is 14.3. The van der Waals surface area contributed by atoms with Crippen molar-refractivity contribution in [2.45, 2.75) is 62.3 Å². The quantitative estimate of drug-likeness (QED) is 0.857. The number of nitrogens with zero attached hydrogens (tertiary/aromatic N) is 1. The molecule has 6 heteroatoms. The van der Waals surface area contributed by atoms with Gasteiger partial charge in [-0.15, -0.1) is 0 Å². The van der Waals surface area contributed by atoms with E-state index in [1.807, 2.05) is 17.0 Å². The average Bonchev–Trinajstić information content (AvgIpc) is 3.26. The fourth-order valence-electron chi connectivity index (χ4n) is 3.54. The molecule has 1 heterocycles. The molecule has 132 valence electrons. The fourth-order valence-corrected chi connectivity index (χ4v) is 4.85. The number of amides is 1. The van der Waals surface area contributed by atoms with Crippen LogP contribution in [0, 0.1) is 0 Å². The molecule has 0 spiro atoms. The molecular formula is C18H26N2O3S. The number of rotatable bonds is 6. The lowest BCUT2D eigenvalue weighted by molar-refractivity contribution is -0.130. The van der Waals surface area contributed by atoms with Crippen molar-refractivity contribution in [2.75, 3.05) is 13.1 Å². The number of hydrogen-bond donors (Lipinski definition) is 1. The zero-order valence-electron chi connectivity index (χ0n) is 14.0. The van der Waals surface area contributed by atoms with Crippen molar-refractivity contribution in [3.8, 4) is 0 Å². The molecule has 24 heavy (non-hydrogen) atoms. The van der Waals surface area contributed by atoms with E-state index in [0.29, 0.717) is 17.7 Å². The smallest absolute Gasteiger partial charge is 0.240 e. The van der Waals surface area contributed by atoms with Crippen molar-refractivity contribution in [2.24, 2.45) is 0 Å². The lowest BCUT2D eigenvalue weighted by Gasteiger charge is -2.15. The number of hydrogen-bond acceptors (Lipinski definition) is 3. The molecule has 0 bridgehead atoms. The van der Waals surface area contributed by atoms with Crippen LogP contribution in [-0.4, -0.2) is 38.4 Å². The predicted octanol–water partition coefficient (Wildman–Crippen LogP) is 2.46. The zero-order chi connectivity index (χ0) is 17.0. The van der Waals surface area contributed by atoms with Gasteiger partial charge in [0.15, 0.2) is 0 Å². The Bertz CT molecular complexity index is 658. The molecule has 1 aromatic carbocycles. The lowest BCUT2D eigenvalue weighted by Crippen LogP contribution is -2.32.